The topological polar surface area (TPSA) is 43.4 Å². The van der Waals surface area contributed by atoms with Crippen molar-refractivity contribution in [1.82, 2.24) is 0 Å². The van der Waals surface area contributed by atoms with Crippen LogP contribution in [0.3, 0.4) is 0 Å². The Morgan fingerprint density at radius 2 is 1.93 bits per heavy atom. The Kier molecular flexibility index (Phi) is 4.49. The van der Waals surface area contributed by atoms with E-state index in [1.807, 2.05) is 0 Å². The first-order valence-electron chi connectivity index (χ1n) is 4.71. The Hall–Kier alpha value is -1.16. The van der Waals surface area contributed by atoms with Crippen LogP contribution in [0.4, 0.5) is 0 Å². The lowest BCUT2D eigenvalue weighted by Crippen LogP contribution is -2.09. The molecule has 1 atom stereocenters. The molecule has 0 bridgehead atoms. The van der Waals surface area contributed by atoms with Crippen LogP contribution in [-0.4, -0.2) is 22.9 Å². The van der Waals surface area contributed by atoms with Crippen molar-refractivity contribution < 1.29 is 13.7 Å². The summed E-state index contributed by atoms with van der Waals surface area (Å²) in [5.74, 6) is 0.838. The first kappa shape index (κ1) is 11.9. The van der Waals surface area contributed by atoms with Gasteiger partial charge in [-0.25, -0.2) is 0 Å². The van der Waals surface area contributed by atoms with Crippen molar-refractivity contribution in [1.29, 1.82) is 0 Å². The van der Waals surface area contributed by atoms with Crippen LogP contribution >= 0.6 is 0 Å². The number of ether oxygens (including phenoxy) is 1. The van der Waals surface area contributed by atoms with Gasteiger partial charge in [0.15, 0.2) is 0 Å². The third kappa shape index (κ3) is 3.47. The Balaban J connectivity index is 2.70. The molecule has 0 heterocycles. The second-order valence-corrected chi connectivity index (χ2v) is 4.51. The van der Waals surface area contributed by atoms with Gasteiger partial charge in [-0.15, -0.1) is 0 Å². The van der Waals surface area contributed by atoms with Crippen molar-refractivity contribution in [3.05, 3.63) is 24.3 Å². The average Bonchev–Trinajstić information content (AvgIpc) is 2.29. The van der Waals surface area contributed by atoms with Gasteiger partial charge in [0, 0.05) is 11.3 Å². The van der Waals surface area contributed by atoms with Crippen molar-refractivity contribution in [2.75, 3.05) is 12.9 Å². The van der Waals surface area contributed by atoms with Crippen LogP contribution in [0.1, 0.15) is 13.3 Å². The SMILES string of the molecule is CCC(=O)CS(=O)c1ccc(OC)cc1. The van der Waals surface area contributed by atoms with Crippen LogP contribution in [0.15, 0.2) is 29.2 Å². The van der Waals surface area contributed by atoms with Gasteiger partial charge in [-0.3, -0.25) is 9.00 Å². The molecule has 1 aromatic carbocycles. The van der Waals surface area contributed by atoms with Crippen LogP contribution in [-0.2, 0) is 15.6 Å². The van der Waals surface area contributed by atoms with Crippen molar-refractivity contribution in [2.24, 2.45) is 0 Å². The van der Waals surface area contributed by atoms with Crippen molar-refractivity contribution >= 4 is 16.6 Å². The fourth-order valence-electron chi connectivity index (χ4n) is 1.06. The van der Waals surface area contributed by atoms with Crippen molar-refractivity contribution in [3.8, 4) is 5.75 Å². The Labute approximate surface area is 91.9 Å². The van der Waals surface area contributed by atoms with Gasteiger partial charge >= 0.3 is 0 Å². The van der Waals surface area contributed by atoms with Crippen molar-refractivity contribution in [2.45, 2.75) is 18.2 Å². The highest BCUT2D eigenvalue weighted by Gasteiger charge is 2.08. The largest absolute Gasteiger partial charge is 0.497 e. The van der Waals surface area contributed by atoms with E-state index in [0.717, 1.165) is 5.75 Å². The molecule has 0 aliphatic rings. The van der Waals surface area contributed by atoms with E-state index < -0.39 is 10.8 Å². The lowest BCUT2D eigenvalue weighted by atomic mass is 10.3. The van der Waals surface area contributed by atoms with Gasteiger partial charge in [0.25, 0.3) is 0 Å². The number of Topliss-reactive ketones (excluding diaryl/α,β-unsaturated/α-hetero) is 1. The van der Waals surface area contributed by atoms with E-state index in [0.29, 0.717) is 11.3 Å². The monoisotopic (exact) mass is 226 g/mol. The molecule has 0 aromatic heterocycles. The Morgan fingerprint density at radius 3 is 2.40 bits per heavy atom. The van der Waals surface area contributed by atoms with Crippen LogP contribution < -0.4 is 4.74 Å². The highest BCUT2D eigenvalue weighted by molar-refractivity contribution is 7.85. The summed E-state index contributed by atoms with van der Waals surface area (Å²) in [4.78, 5) is 11.8. The summed E-state index contributed by atoms with van der Waals surface area (Å²) < 4.78 is 16.6. The number of carbonyl (C=O) groups is 1. The minimum atomic E-state index is -1.23. The number of hydrogen-bond donors (Lipinski definition) is 0. The van der Waals surface area contributed by atoms with Gasteiger partial charge in [0.1, 0.15) is 11.5 Å². The molecule has 0 aliphatic carbocycles. The molecule has 1 aromatic rings. The first-order chi connectivity index (χ1) is 7.17. The molecule has 0 aliphatic heterocycles. The molecule has 0 radical (unpaired) electrons. The Bertz CT molecular complexity index is 357. The Morgan fingerprint density at radius 1 is 1.33 bits per heavy atom. The molecule has 82 valence electrons. The molecular formula is C11H14O3S. The summed E-state index contributed by atoms with van der Waals surface area (Å²) in [5.41, 5.74) is 0. The first-order valence-corrected chi connectivity index (χ1v) is 6.03. The third-order valence-electron chi connectivity index (χ3n) is 2.01. The van der Waals surface area contributed by atoms with E-state index >= 15 is 0 Å². The van der Waals surface area contributed by atoms with E-state index in [1.54, 1.807) is 38.3 Å². The molecule has 4 heteroatoms. The zero-order valence-corrected chi connectivity index (χ0v) is 9.67. The number of rotatable bonds is 5. The molecule has 15 heavy (non-hydrogen) atoms. The normalized spacial score (nSPS) is 12.1. The lowest BCUT2D eigenvalue weighted by Gasteiger charge is -2.02. The van der Waals surface area contributed by atoms with Gasteiger partial charge in [-0.2, -0.15) is 0 Å². The molecular weight excluding hydrogens is 212 g/mol. The number of carbonyl (C=O) groups excluding carboxylic acids is 1. The number of methoxy groups -OCH3 is 1. The maximum Gasteiger partial charge on any atom is 0.145 e. The predicted octanol–water partition coefficient (Wildman–Crippen LogP) is 1.78. The molecule has 0 spiro atoms. The molecule has 0 saturated heterocycles. The fourth-order valence-corrected chi connectivity index (χ4v) is 2.16. The fraction of sp³-hybridized carbons (Fsp3) is 0.364. The van der Waals surface area contributed by atoms with E-state index in [1.165, 1.54) is 0 Å². The zero-order chi connectivity index (χ0) is 11.3. The zero-order valence-electron chi connectivity index (χ0n) is 8.86. The molecule has 1 unspecified atom stereocenters. The van der Waals surface area contributed by atoms with Crippen LogP contribution in [0, 0.1) is 0 Å². The smallest absolute Gasteiger partial charge is 0.145 e. The maximum atomic E-state index is 11.7. The summed E-state index contributed by atoms with van der Waals surface area (Å²) in [6, 6.07) is 6.92. The molecule has 1 rings (SSSR count). The summed E-state index contributed by atoms with van der Waals surface area (Å²) in [7, 11) is 0.347. The van der Waals surface area contributed by atoms with Crippen LogP contribution in [0.25, 0.3) is 0 Å². The predicted molar refractivity (Wildman–Crippen MR) is 59.6 cm³/mol. The highest BCUT2D eigenvalue weighted by atomic mass is 32.2. The van der Waals surface area contributed by atoms with E-state index in [-0.39, 0.29) is 11.5 Å². The van der Waals surface area contributed by atoms with Gasteiger partial charge in [-0.05, 0) is 24.3 Å². The molecule has 3 nitrogen and oxygen atoms in total. The third-order valence-corrected chi connectivity index (χ3v) is 3.39. The molecule has 0 fully saturated rings. The minimum absolute atomic E-state index is 0.0177. The van der Waals surface area contributed by atoms with Gasteiger partial charge in [0.05, 0.1) is 23.7 Å². The number of benzene rings is 1. The van der Waals surface area contributed by atoms with Gasteiger partial charge in [0.2, 0.25) is 0 Å². The second kappa shape index (κ2) is 5.66. The minimum Gasteiger partial charge on any atom is -0.497 e. The number of ketones is 1. The van der Waals surface area contributed by atoms with Crippen LogP contribution in [0.2, 0.25) is 0 Å². The van der Waals surface area contributed by atoms with Gasteiger partial charge < -0.3 is 4.74 Å². The average molecular weight is 226 g/mol. The summed E-state index contributed by atoms with van der Waals surface area (Å²) in [6.45, 7) is 1.77. The molecule has 0 saturated carbocycles. The second-order valence-electron chi connectivity index (χ2n) is 3.06. The van der Waals surface area contributed by atoms with Crippen molar-refractivity contribution in [3.63, 3.8) is 0 Å². The van der Waals surface area contributed by atoms with Gasteiger partial charge in [-0.1, -0.05) is 6.92 Å². The van der Waals surface area contributed by atoms with E-state index in [9.17, 15) is 9.00 Å². The maximum absolute atomic E-state index is 11.7. The molecule has 0 amide bonds. The highest BCUT2D eigenvalue weighted by Crippen LogP contribution is 2.14. The summed E-state index contributed by atoms with van der Waals surface area (Å²) in [6.07, 6.45) is 0.432. The van der Waals surface area contributed by atoms with E-state index in [2.05, 4.69) is 0 Å². The summed E-state index contributed by atoms with van der Waals surface area (Å²) in [5, 5.41) is 0. The quantitative estimate of drug-likeness (QED) is 0.768. The van der Waals surface area contributed by atoms with Crippen LogP contribution in [0.5, 0.6) is 5.75 Å². The standard InChI is InChI=1S/C11H14O3S/c1-3-9(12)8-15(13)11-6-4-10(14-2)5-7-11/h4-7H,3,8H2,1-2H3. The number of hydrogen-bond acceptors (Lipinski definition) is 3. The molecule has 0 N–H and O–H groups in total. The van der Waals surface area contributed by atoms with E-state index in [4.69, 9.17) is 4.74 Å². The summed E-state index contributed by atoms with van der Waals surface area (Å²) >= 11 is 0. The lowest BCUT2D eigenvalue weighted by molar-refractivity contribution is -0.116.